The zero-order valence-corrected chi connectivity index (χ0v) is 8.72. The third-order valence-electron chi connectivity index (χ3n) is 2.64. The third-order valence-corrected chi connectivity index (χ3v) is 2.64. The second-order valence-electron chi connectivity index (χ2n) is 3.70. The summed E-state index contributed by atoms with van der Waals surface area (Å²) in [5.74, 6) is 0. The van der Waals surface area contributed by atoms with Gasteiger partial charge in [0, 0.05) is 11.6 Å². The van der Waals surface area contributed by atoms with Crippen molar-refractivity contribution in [1.82, 2.24) is 4.98 Å². The molecule has 0 aliphatic heterocycles. The maximum Gasteiger partial charge on any atom is 0.0702 e. The number of benzene rings is 2. The van der Waals surface area contributed by atoms with Gasteiger partial charge in [-0.25, -0.2) is 0 Å². The van der Waals surface area contributed by atoms with Crippen LogP contribution in [0.5, 0.6) is 0 Å². The zero-order valence-electron chi connectivity index (χ0n) is 8.72. The molecule has 1 heteroatoms. The molecule has 3 rings (SSSR count). The van der Waals surface area contributed by atoms with E-state index in [4.69, 9.17) is 0 Å². The molecule has 0 atom stereocenters. The molecule has 0 saturated carbocycles. The van der Waals surface area contributed by atoms with Crippen LogP contribution >= 0.6 is 0 Å². The Morgan fingerprint density at radius 2 is 1.94 bits per heavy atom. The average molecular weight is 204 g/mol. The fourth-order valence-corrected chi connectivity index (χ4v) is 1.83. The molecule has 1 nitrogen and oxygen atoms in total. The summed E-state index contributed by atoms with van der Waals surface area (Å²) in [6.45, 7) is 0. The van der Waals surface area contributed by atoms with Crippen molar-refractivity contribution in [3.63, 3.8) is 0 Å². The van der Waals surface area contributed by atoms with Gasteiger partial charge >= 0.3 is 0 Å². The monoisotopic (exact) mass is 204 g/mol. The summed E-state index contributed by atoms with van der Waals surface area (Å²) in [6, 6.07) is 21.4. The van der Waals surface area contributed by atoms with E-state index in [1.54, 1.807) is 0 Å². The minimum atomic E-state index is 1.03. The smallest absolute Gasteiger partial charge is 0.0702 e. The molecule has 0 aliphatic rings. The van der Waals surface area contributed by atoms with E-state index in [0.29, 0.717) is 0 Å². The topological polar surface area (TPSA) is 12.9 Å². The number of nitrogens with zero attached hydrogens (tertiary/aromatic N) is 1. The number of pyridine rings is 1. The summed E-state index contributed by atoms with van der Waals surface area (Å²) in [4.78, 5) is 4.31. The fourth-order valence-electron chi connectivity index (χ4n) is 1.83. The Kier molecular flexibility index (Phi) is 2.15. The van der Waals surface area contributed by atoms with Crippen LogP contribution in [-0.2, 0) is 0 Å². The van der Waals surface area contributed by atoms with Gasteiger partial charge < -0.3 is 0 Å². The van der Waals surface area contributed by atoms with Gasteiger partial charge in [-0.2, -0.15) is 0 Å². The Morgan fingerprint density at radius 3 is 2.81 bits per heavy atom. The third kappa shape index (κ3) is 1.57. The molecule has 16 heavy (non-hydrogen) atoms. The molecule has 0 spiro atoms. The van der Waals surface area contributed by atoms with E-state index in [1.807, 2.05) is 30.5 Å². The van der Waals surface area contributed by atoms with E-state index in [1.165, 1.54) is 16.5 Å². The van der Waals surface area contributed by atoms with Crippen molar-refractivity contribution >= 4 is 10.9 Å². The standard InChI is InChI=1S/C15H10N/c1-2-5-12(6-3-1)13-8-9-15-14(11-13)7-4-10-16-15/h1-2,4-11H. The quantitative estimate of drug-likeness (QED) is 0.589. The Morgan fingerprint density at radius 1 is 0.938 bits per heavy atom. The lowest BCUT2D eigenvalue weighted by Gasteiger charge is -2.02. The van der Waals surface area contributed by atoms with Crippen molar-refractivity contribution in [3.05, 3.63) is 66.9 Å². The highest BCUT2D eigenvalue weighted by Gasteiger charge is 1.98. The molecule has 0 saturated heterocycles. The first-order chi connectivity index (χ1) is 7.93. The van der Waals surface area contributed by atoms with E-state index in [9.17, 15) is 0 Å². The number of hydrogen-bond acceptors (Lipinski definition) is 1. The normalized spacial score (nSPS) is 10.5. The zero-order chi connectivity index (χ0) is 10.8. The molecule has 0 aliphatic carbocycles. The van der Waals surface area contributed by atoms with Crippen molar-refractivity contribution in [3.8, 4) is 11.1 Å². The first kappa shape index (κ1) is 9.10. The van der Waals surface area contributed by atoms with E-state index < -0.39 is 0 Å². The van der Waals surface area contributed by atoms with Gasteiger partial charge in [0.2, 0.25) is 0 Å². The molecule has 1 heterocycles. The SMILES string of the molecule is [c]1cccc(-c2ccc3ncccc3c2)c1. The Balaban J connectivity index is 2.19. The molecular formula is C15H10N. The average Bonchev–Trinajstić information content (AvgIpc) is 2.39. The van der Waals surface area contributed by atoms with Crippen LogP contribution in [0.3, 0.4) is 0 Å². The second kappa shape index (κ2) is 3.78. The van der Waals surface area contributed by atoms with Gasteiger partial charge in [-0.15, -0.1) is 0 Å². The van der Waals surface area contributed by atoms with Gasteiger partial charge in [-0.1, -0.05) is 30.3 Å². The Hall–Kier alpha value is -2.15. The van der Waals surface area contributed by atoms with Crippen LogP contribution in [0.15, 0.2) is 60.8 Å². The summed E-state index contributed by atoms with van der Waals surface area (Å²) in [7, 11) is 0. The van der Waals surface area contributed by atoms with E-state index in [2.05, 4.69) is 41.4 Å². The van der Waals surface area contributed by atoms with Crippen molar-refractivity contribution in [1.29, 1.82) is 0 Å². The molecule has 2 aromatic carbocycles. The lowest BCUT2D eigenvalue weighted by Crippen LogP contribution is -1.80. The summed E-state index contributed by atoms with van der Waals surface area (Å²) in [5, 5.41) is 1.17. The lowest BCUT2D eigenvalue weighted by molar-refractivity contribution is 1.41. The minimum Gasteiger partial charge on any atom is -0.256 e. The van der Waals surface area contributed by atoms with Gasteiger partial charge in [-0.05, 0) is 41.5 Å². The minimum absolute atomic E-state index is 1.03. The van der Waals surface area contributed by atoms with E-state index >= 15 is 0 Å². The van der Waals surface area contributed by atoms with Crippen molar-refractivity contribution in [2.45, 2.75) is 0 Å². The Bertz CT molecular complexity index is 614. The number of hydrogen-bond donors (Lipinski definition) is 0. The van der Waals surface area contributed by atoms with Crippen molar-refractivity contribution < 1.29 is 0 Å². The van der Waals surface area contributed by atoms with Crippen LogP contribution in [0.2, 0.25) is 0 Å². The summed E-state index contributed by atoms with van der Waals surface area (Å²) in [6.07, 6.45) is 1.82. The number of aromatic nitrogens is 1. The molecule has 0 unspecified atom stereocenters. The first-order valence-electron chi connectivity index (χ1n) is 5.25. The van der Waals surface area contributed by atoms with Crippen molar-refractivity contribution in [2.75, 3.05) is 0 Å². The van der Waals surface area contributed by atoms with Crippen LogP contribution in [0.4, 0.5) is 0 Å². The first-order valence-corrected chi connectivity index (χ1v) is 5.25. The van der Waals surface area contributed by atoms with Crippen LogP contribution < -0.4 is 0 Å². The molecule has 1 radical (unpaired) electrons. The summed E-state index contributed by atoms with van der Waals surface area (Å²) < 4.78 is 0. The molecule has 75 valence electrons. The van der Waals surface area contributed by atoms with Gasteiger partial charge in [0.05, 0.1) is 5.52 Å². The molecule has 0 amide bonds. The fraction of sp³-hybridized carbons (Fsp3) is 0. The predicted molar refractivity (Wildman–Crippen MR) is 66.0 cm³/mol. The van der Waals surface area contributed by atoms with Crippen LogP contribution in [0.1, 0.15) is 0 Å². The highest BCUT2D eigenvalue weighted by molar-refractivity contribution is 5.84. The molecular weight excluding hydrogens is 194 g/mol. The van der Waals surface area contributed by atoms with Crippen molar-refractivity contribution in [2.24, 2.45) is 0 Å². The number of fused-ring (bicyclic) bond motifs is 1. The predicted octanol–water partition coefficient (Wildman–Crippen LogP) is 3.70. The van der Waals surface area contributed by atoms with Gasteiger partial charge in [0.1, 0.15) is 0 Å². The maximum absolute atomic E-state index is 4.31. The molecule has 0 fully saturated rings. The van der Waals surface area contributed by atoms with Crippen LogP contribution in [-0.4, -0.2) is 4.98 Å². The Labute approximate surface area is 94.4 Å². The number of rotatable bonds is 1. The molecule has 0 N–H and O–H groups in total. The molecule has 1 aromatic heterocycles. The highest BCUT2D eigenvalue weighted by Crippen LogP contribution is 2.22. The molecule has 3 aromatic rings. The second-order valence-corrected chi connectivity index (χ2v) is 3.70. The van der Waals surface area contributed by atoms with E-state index in [0.717, 1.165) is 5.52 Å². The highest BCUT2D eigenvalue weighted by atomic mass is 14.6. The van der Waals surface area contributed by atoms with E-state index in [-0.39, 0.29) is 0 Å². The summed E-state index contributed by atoms with van der Waals surface area (Å²) >= 11 is 0. The maximum atomic E-state index is 4.31. The summed E-state index contributed by atoms with van der Waals surface area (Å²) in [5.41, 5.74) is 3.43. The lowest BCUT2D eigenvalue weighted by atomic mass is 10.0. The largest absolute Gasteiger partial charge is 0.256 e. The van der Waals surface area contributed by atoms with Crippen LogP contribution in [0.25, 0.3) is 22.0 Å². The van der Waals surface area contributed by atoms with Gasteiger partial charge in [-0.3, -0.25) is 4.98 Å². The van der Waals surface area contributed by atoms with Crippen LogP contribution in [0, 0.1) is 6.07 Å². The van der Waals surface area contributed by atoms with Gasteiger partial charge in [0.15, 0.2) is 0 Å². The molecule has 0 bridgehead atoms. The van der Waals surface area contributed by atoms with Gasteiger partial charge in [0.25, 0.3) is 0 Å².